The predicted octanol–water partition coefficient (Wildman–Crippen LogP) is 3.84. The second kappa shape index (κ2) is 4.54. The van der Waals surface area contributed by atoms with E-state index in [9.17, 15) is 4.79 Å². The summed E-state index contributed by atoms with van der Waals surface area (Å²) < 4.78 is 0. The quantitative estimate of drug-likeness (QED) is 0.786. The zero-order valence-corrected chi connectivity index (χ0v) is 12.2. The van der Waals surface area contributed by atoms with Crippen LogP contribution < -0.4 is 0 Å². The highest BCUT2D eigenvalue weighted by atomic mass is 35.5. The molecular weight excluding hydrogens is 282 g/mol. The number of aliphatic imine (C=N–C) groups is 1. The Morgan fingerprint density at radius 2 is 1.71 bits per heavy atom. The highest BCUT2D eigenvalue weighted by Gasteiger charge is 2.50. The summed E-state index contributed by atoms with van der Waals surface area (Å²) in [7, 11) is 0. The van der Waals surface area contributed by atoms with E-state index in [1.807, 2.05) is 42.5 Å². The van der Waals surface area contributed by atoms with Crippen LogP contribution in [-0.2, 0) is 11.2 Å². The molecule has 0 bridgehead atoms. The molecule has 3 heteroatoms. The van der Waals surface area contributed by atoms with Gasteiger partial charge in [-0.05, 0) is 30.5 Å². The van der Waals surface area contributed by atoms with E-state index in [-0.39, 0.29) is 5.78 Å². The molecule has 1 spiro atoms. The summed E-state index contributed by atoms with van der Waals surface area (Å²) in [4.78, 5) is 17.3. The molecule has 0 unspecified atom stereocenters. The number of carbonyl (C=O) groups excluding carboxylic acids is 1. The third-order valence-corrected chi connectivity index (χ3v) is 4.56. The summed E-state index contributed by atoms with van der Waals surface area (Å²) in [5.74, 6) is 0.249. The van der Waals surface area contributed by atoms with Crippen LogP contribution >= 0.6 is 11.6 Å². The van der Waals surface area contributed by atoms with Crippen molar-refractivity contribution in [2.24, 2.45) is 4.99 Å². The van der Waals surface area contributed by atoms with E-state index in [4.69, 9.17) is 16.6 Å². The number of rotatable bonds is 1. The van der Waals surface area contributed by atoms with Crippen LogP contribution in [0.5, 0.6) is 0 Å². The van der Waals surface area contributed by atoms with Gasteiger partial charge in [-0.3, -0.25) is 9.79 Å². The predicted molar refractivity (Wildman–Crippen MR) is 84.2 cm³/mol. The van der Waals surface area contributed by atoms with Gasteiger partial charge in [-0.2, -0.15) is 0 Å². The van der Waals surface area contributed by atoms with Crippen molar-refractivity contribution in [1.29, 1.82) is 0 Å². The fraction of sp³-hybridized carbons (Fsp3) is 0.222. The lowest BCUT2D eigenvalue weighted by Crippen LogP contribution is -2.21. The Morgan fingerprint density at radius 3 is 2.43 bits per heavy atom. The Morgan fingerprint density at radius 1 is 1.00 bits per heavy atom. The van der Waals surface area contributed by atoms with E-state index in [2.05, 4.69) is 6.07 Å². The zero-order chi connectivity index (χ0) is 14.4. The zero-order valence-electron chi connectivity index (χ0n) is 11.5. The molecule has 1 fully saturated rings. The van der Waals surface area contributed by atoms with Crippen LogP contribution in [0.15, 0.2) is 53.5 Å². The molecule has 2 aliphatic rings. The molecule has 0 saturated heterocycles. The van der Waals surface area contributed by atoms with Crippen molar-refractivity contribution in [3.8, 4) is 0 Å². The molecule has 2 aromatic rings. The number of carbonyl (C=O) groups is 1. The molecule has 0 N–H and O–H groups in total. The number of halogens is 1. The molecule has 1 saturated carbocycles. The second-order valence-electron chi connectivity index (χ2n) is 5.76. The van der Waals surface area contributed by atoms with Crippen LogP contribution in [0.4, 0.5) is 0 Å². The van der Waals surface area contributed by atoms with Gasteiger partial charge in [0.15, 0.2) is 5.78 Å². The van der Waals surface area contributed by atoms with Crippen LogP contribution in [0, 0.1) is 0 Å². The van der Waals surface area contributed by atoms with Crippen molar-refractivity contribution in [2.75, 3.05) is 0 Å². The molecule has 4 rings (SSSR count). The number of Topliss-reactive ketones (excluding diaryl/α,β-unsaturated/α-hetero) is 1. The van der Waals surface area contributed by atoms with Crippen molar-refractivity contribution in [2.45, 2.75) is 24.8 Å². The van der Waals surface area contributed by atoms with E-state index in [1.54, 1.807) is 0 Å². The first kappa shape index (κ1) is 12.8. The average molecular weight is 296 g/mol. The first-order valence-electron chi connectivity index (χ1n) is 7.15. The molecule has 2 aromatic carbocycles. The smallest absolute Gasteiger partial charge is 0.164 e. The molecule has 1 aliphatic carbocycles. The van der Waals surface area contributed by atoms with Crippen LogP contribution in [0.25, 0.3) is 0 Å². The van der Waals surface area contributed by atoms with Gasteiger partial charge in [0, 0.05) is 22.6 Å². The summed E-state index contributed by atoms with van der Waals surface area (Å²) in [6.07, 6.45) is 2.23. The van der Waals surface area contributed by atoms with Gasteiger partial charge in [0.25, 0.3) is 0 Å². The first-order valence-corrected chi connectivity index (χ1v) is 7.53. The summed E-state index contributed by atoms with van der Waals surface area (Å²) in [5, 5.41) is 0.707. The molecule has 1 aliphatic heterocycles. The Hall–Kier alpha value is -1.93. The molecule has 21 heavy (non-hydrogen) atoms. The van der Waals surface area contributed by atoms with Crippen molar-refractivity contribution in [3.63, 3.8) is 0 Å². The average Bonchev–Trinajstić information content (AvgIpc) is 3.29. The molecule has 0 atom stereocenters. The van der Waals surface area contributed by atoms with Crippen molar-refractivity contribution < 1.29 is 4.79 Å². The standard InChI is InChI=1S/C18H14ClNO/c19-14-7-5-12(6-8-14)17-15-4-2-1-3-13(15)11-16(21)18(20-17)9-10-18/h1-8H,9-11H2. The number of nitrogens with zero attached hydrogens (tertiary/aromatic N) is 1. The van der Waals surface area contributed by atoms with Gasteiger partial charge in [0.2, 0.25) is 0 Å². The Kier molecular flexibility index (Phi) is 2.76. The SMILES string of the molecule is O=C1Cc2ccccc2C(c2ccc(Cl)cc2)=NC12CC2. The summed E-state index contributed by atoms with van der Waals surface area (Å²) >= 11 is 5.98. The molecule has 2 nitrogen and oxygen atoms in total. The number of hydrogen-bond acceptors (Lipinski definition) is 2. The number of hydrogen-bond donors (Lipinski definition) is 0. The topological polar surface area (TPSA) is 29.4 Å². The molecular formula is C18H14ClNO. The van der Waals surface area contributed by atoms with E-state index >= 15 is 0 Å². The maximum atomic E-state index is 12.5. The molecule has 1 heterocycles. The van der Waals surface area contributed by atoms with E-state index in [0.29, 0.717) is 11.4 Å². The van der Waals surface area contributed by atoms with Crippen LogP contribution in [0.3, 0.4) is 0 Å². The van der Waals surface area contributed by atoms with E-state index in [0.717, 1.165) is 35.2 Å². The highest BCUT2D eigenvalue weighted by molar-refractivity contribution is 6.30. The molecule has 0 amide bonds. The lowest BCUT2D eigenvalue weighted by Gasteiger charge is -2.10. The molecule has 0 radical (unpaired) electrons. The second-order valence-corrected chi connectivity index (χ2v) is 6.19. The third kappa shape index (κ3) is 2.11. The highest BCUT2D eigenvalue weighted by Crippen LogP contribution is 2.44. The van der Waals surface area contributed by atoms with Crippen molar-refractivity contribution >= 4 is 23.1 Å². The van der Waals surface area contributed by atoms with Gasteiger partial charge in [-0.1, -0.05) is 48.0 Å². The Labute approximate surface area is 128 Å². The third-order valence-electron chi connectivity index (χ3n) is 4.31. The maximum absolute atomic E-state index is 12.5. The number of fused-ring (bicyclic) bond motifs is 1. The minimum atomic E-state index is -0.464. The summed E-state index contributed by atoms with van der Waals surface area (Å²) in [6.45, 7) is 0. The van der Waals surface area contributed by atoms with Gasteiger partial charge in [0.05, 0.1) is 5.71 Å². The van der Waals surface area contributed by atoms with Crippen LogP contribution in [0.1, 0.15) is 29.5 Å². The van der Waals surface area contributed by atoms with Crippen LogP contribution in [0.2, 0.25) is 5.02 Å². The van der Waals surface area contributed by atoms with E-state index < -0.39 is 5.54 Å². The largest absolute Gasteiger partial charge is 0.297 e. The van der Waals surface area contributed by atoms with Gasteiger partial charge in [0.1, 0.15) is 5.54 Å². The Balaban J connectivity index is 1.93. The maximum Gasteiger partial charge on any atom is 0.164 e. The summed E-state index contributed by atoms with van der Waals surface area (Å²) in [6, 6.07) is 15.8. The fourth-order valence-electron chi connectivity index (χ4n) is 2.92. The minimum Gasteiger partial charge on any atom is -0.297 e. The monoisotopic (exact) mass is 295 g/mol. The minimum absolute atomic E-state index is 0.249. The van der Waals surface area contributed by atoms with Crippen molar-refractivity contribution in [1.82, 2.24) is 0 Å². The summed E-state index contributed by atoms with van der Waals surface area (Å²) in [5.41, 5.74) is 3.61. The van der Waals surface area contributed by atoms with Crippen molar-refractivity contribution in [3.05, 3.63) is 70.2 Å². The fourth-order valence-corrected chi connectivity index (χ4v) is 3.04. The van der Waals surface area contributed by atoms with Gasteiger partial charge in [-0.15, -0.1) is 0 Å². The van der Waals surface area contributed by atoms with Crippen LogP contribution in [-0.4, -0.2) is 17.0 Å². The molecule has 104 valence electrons. The Bertz CT molecular complexity index is 757. The first-order chi connectivity index (χ1) is 10.2. The number of benzene rings is 2. The van der Waals surface area contributed by atoms with Gasteiger partial charge >= 0.3 is 0 Å². The molecule has 0 aromatic heterocycles. The lowest BCUT2D eigenvalue weighted by atomic mass is 9.95. The van der Waals surface area contributed by atoms with Gasteiger partial charge < -0.3 is 0 Å². The lowest BCUT2D eigenvalue weighted by molar-refractivity contribution is -0.120. The van der Waals surface area contributed by atoms with Gasteiger partial charge in [-0.25, -0.2) is 0 Å². The van der Waals surface area contributed by atoms with E-state index in [1.165, 1.54) is 0 Å². The normalized spacial score (nSPS) is 18.9. The number of ketones is 1.